The van der Waals surface area contributed by atoms with Gasteiger partial charge in [0.25, 0.3) is 0 Å². The summed E-state index contributed by atoms with van der Waals surface area (Å²) in [7, 11) is 0. The molecule has 2 heteroatoms. The zero-order chi connectivity index (χ0) is 5.98. The molecule has 0 bridgehead atoms. The van der Waals surface area contributed by atoms with Gasteiger partial charge in [0.05, 0.1) is 0 Å². The fourth-order valence-electron chi connectivity index (χ4n) is 0.611. The maximum absolute atomic E-state index is 12.1. The fraction of sp³-hybridized carbons (Fsp3) is 0.333. The summed E-state index contributed by atoms with van der Waals surface area (Å²) in [5.41, 5.74) is 5.40. The number of halogens is 1. The third-order valence-corrected chi connectivity index (χ3v) is 1.09. The van der Waals surface area contributed by atoms with Crippen LogP contribution in [-0.2, 0) is 0 Å². The highest BCUT2D eigenvalue weighted by Gasteiger charge is 2.00. The van der Waals surface area contributed by atoms with Crippen LogP contribution in [0.15, 0.2) is 24.1 Å². The Morgan fingerprint density at radius 1 is 1.75 bits per heavy atom. The van der Waals surface area contributed by atoms with Crippen LogP contribution in [-0.4, -0.2) is 6.04 Å². The van der Waals surface area contributed by atoms with E-state index in [1.807, 2.05) is 0 Å². The van der Waals surface area contributed by atoms with Crippen molar-refractivity contribution in [1.29, 1.82) is 0 Å². The molecule has 2 N–H and O–H groups in total. The van der Waals surface area contributed by atoms with E-state index in [0.717, 1.165) is 0 Å². The van der Waals surface area contributed by atoms with Gasteiger partial charge in [-0.1, -0.05) is 6.08 Å². The van der Waals surface area contributed by atoms with Crippen molar-refractivity contribution < 1.29 is 4.39 Å². The SMILES string of the molecule is N[C@@H]1C=CC(F)=CC1. The van der Waals surface area contributed by atoms with Gasteiger partial charge >= 0.3 is 0 Å². The largest absolute Gasteiger partial charge is 0.324 e. The highest BCUT2D eigenvalue weighted by Crippen LogP contribution is 2.08. The Morgan fingerprint density at radius 2 is 2.50 bits per heavy atom. The van der Waals surface area contributed by atoms with Gasteiger partial charge in [0.1, 0.15) is 5.83 Å². The normalized spacial score (nSPS) is 27.8. The van der Waals surface area contributed by atoms with Crippen LogP contribution in [0.3, 0.4) is 0 Å². The Hall–Kier alpha value is -0.630. The van der Waals surface area contributed by atoms with E-state index >= 15 is 0 Å². The summed E-state index contributed by atoms with van der Waals surface area (Å²) in [6.07, 6.45) is 5.18. The van der Waals surface area contributed by atoms with Crippen molar-refractivity contribution in [2.24, 2.45) is 5.73 Å². The van der Waals surface area contributed by atoms with E-state index in [0.29, 0.717) is 6.42 Å². The molecular formula is C6H8FN. The molecule has 1 aliphatic rings. The lowest BCUT2D eigenvalue weighted by Crippen LogP contribution is -2.16. The number of hydrogen-bond donors (Lipinski definition) is 1. The van der Waals surface area contributed by atoms with E-state index < -0.39 is 0 Å². The van der Waals surface area contributed by atoms with Crippen LogP contribution in [0.1, 0.15) is 6.42 Å². The van der Waals surface area contributed by atoms with Crippen molar-refractivity contribution >= 4 is 0 Å². The second-order valence-corrected chi connectivity index (χ2v) is 1.85. The first kappa shape index (κ1) is 5.51. The molecule has 8 heavy (non-hydrogen) atoms. The molecule has 0 aliphatic heterocycles. The number of hydrogen-bond acceptors (Lipinski definition) is 1. The molecule has 1 rings (SSSR count). The Morgan fingerprint density at radius 3 is 2.88 bits per heavy atom. The average Bonchev–Trinajstić information content (AvgIpc) is 1.77. The molecule has 0 aromatic carbocycles. The highest BCUT2D eigenvalue weighted by atomic mass is 19.1. The van der Waals surface area contributed by atoms with E-state index in [-0.39, 0.29) is 11.9 Å². The van der Waals surface area contributed by atoms with E-state index in [4.69, 9.17) is 5.73 Å². The van der Waals surface area contributed by atoms with Crippen molar-refractivity contribution in [3.8, 4) is 0 Å². The smallest absolute Gasteiger partial charge is 0.119 e. The molecule has 1 atom stereocenters. The Bertz CT molecular complexity index is 137. The van der Waals surface area contributed by atoms with E-state index in [2.05, 4.69) is 0 Å². The summed E-state index contributed by atoms with van der Waals surface area (Å²) in [4.78, 5) is 0. The van der Waals surface area contributed by atoms with Crippen LogP contribution < -0.4 is 5.73 Å². The van der Waals surface area contributed by atoms with Crippen LogP contribution in [0, 0.1) is 0 Å². The Labute approximate surface area is 47.7 Å². The maximum Gasteiger partial charge on any atom is 0.119 e. The lowest BCUT2D eigenvalue weighted by Gasteiger charge is -2.04. The first-order valence-electron chi connectivity index (χ1n) is 2.58. The van der Waals surface area contributed by atoms with Crippen molar-refractivity contribution in [2.75, 3.05) is 0 Å². The fourth-order valence-corrected chi connectivity index (χ4v) is 0.611. The molecule has 0 fully saturated rings. The third-order valence-electron chi connectivity index (χ3n) is 1.09. The van der Waals surface area contributed by atoms with E-state index in [1.165, 1.54) is 12.2 Å². The van der Waals surface area contributed by atoms with Gasteiger partial charge in [-0.15, -0.1) is 0 Å². The quantitative estimate of drug-likeness (QED) is 0.500. The van der Waals surface area contributed by atoms with Crippen LogP contribution in [0.2, 0.25) is 0 Å². The molecule has 0 aromatic heterocycles. The summed E-state index contributed by atoms with van der Waals surface area (Å²) < 4.78 is 12.1. The van der Waals surface area contributed by atoms with Crippen LogP contribution in [0.25, 0.3) is 0 Å². The summed E-state index contributed by atoms with van der Waals surface area (Å²) in [6, 6.07) is 0.0227. The molecule has 1 aliphatic carbocycles. The topological polar surface area (TPSA) is 26.0 Å². The monoisotopic (exact) mass is 113 g/mol. The minimum atomic E-state index is -0.174. The Kier molecular flexibility index (Phi) is 1.44. The van der Waals surface area contributed by atoms with Gasteiger partial charge < -0.3 is 5.73 Å². The molecule has 0 amide bonds. The third kappa shape index (κ3) is 1.17. The maximum atomic E-state index is 12.1. The molecule has 0 radical (unpaired) electrons. The van der Waals surface area contributed by atoms with Crippen LogP contribution in [0.4, 0.5) is 4.39 Å². The van der Waals surface area contributed by atoms with Gasteiger partial charge in [-0.3, -0.25) is 0 Å². The molecule has 0 saturated carbocycles. The van der Waals surface area contributed by atoms with Crippen LogP contribution in [0.5, 0.6) is 0 Å². The van der Waals surface area contributed by atoms with Gasteiger partial charge in [-0.05, 0) is 18.6 Å². The summed E-state index contributed by atoms with van der Waals surface area (Å²) in [5, 5.41) is 0. The van der Waals surface area contributed by atoms with Crippen molar-refractivity contribution in [3.63, 3.8) is 0 Å². The lowest BCUT2D eigenvalue weighted by molar-refractivity contribution is 0.641. The van der Waals surface area contributed by atoms with Gasteiger partial charge in [-0.2, -0.15) is 0 Å². The second kappa shape index (κ2) is 2.09. The predicted octanol–water partition coefficient (Wildman–Crippen LogP) is 1.13. The number of nitrogens with two attached hydrogens (primary N) is 1. The van der Waals surface area contributed by atoms with Gasteiger partial charge in [-0.25, -0.2) is 4.39 Å². The molecule has 44 valence electrons. The van der Waals surface area contributed by atoms with E-state index in [9.17, 15) is 4.39 Å². The van der Waals surface area contributed by atoms with Gasteiger partial charge in [0.2, 0.25) is 0 Å². The zero-order valence-corrected chi connectivity index (χ0v) is 4.47. The van der Waals surface area contributed by atoms with Gasteiger partial charge in [0.15, 0.2) is 0 Å². The minimum absolute atomic E-state index is 0.0227. The standard InChI is InChI=1S/C6H8FN/c7-5-1-3-6(8)4-2-5/h1-3,6H,4,8H2/t6-/m1/s1. The lowest BCUT2D eigenvalue weighted by atomic mass is 10.1. The molecule has 0 saturated heterocycles. The molecule has 0 spiro atoms. The van der Waals surface area contributed by atoms with Gasteiger partial charge in [0, 0.05) is 6.04 Å². The summed E-state index contributed by atoms with van der Waals surface area (Å²) >= 11 is 0. The van der Waals surface area contributed by atoms with Crippen LogP contribution >= 0.6 is 0 Å². The second-order valence-electron chi connectivity index (χ2n) is 1.85. The van der Waals surface area contributed by atoms with Crippen molar-refractivity contribution in [1.82, 2.24) is 0 Å². The zero-order valence-electron chi connectivity index (χ0n) is 4.47. The summed E-state index contributed by atoms with van der Waals surface area (Å²) in [5.74, 6) is -0.174. The minimum Gasteiger partial charge on any atom is -0.324 e. The first-order valence-corrected chi connectivity index (χ1v) is 2.58. The average molecular weight is 113 g/mol. The molecular weight excluding hydrogens is 105 g/mol. The highest BCUT2D eigenvalue weighted by molar-refractivity contribution is 5.18. The Balaban J connectivity index is 2.58. The number of rotatable bonds is 0. The van der Waals surface area contributed by atoms with Crippen molar-refractivity contribution in [2.45, 2.75) is 12.5 Å². The number of allylic oxidation sites excluding steroid dienone is 2. The molecule has 0 aromatic rings. The van der Waals surface area contributed by atoms with Crippen molar-refractivity contribution in [3.05, 3.63) is 24.1 Å². The van der Waals surface area contributed by atoms with E-state index in [1.54, 1.807) is 6.08 Å². The summed E-state index contributed by atoms with van der Waals surface area (Å²) in [6.45, 7) is 0. The first-order chi connectivity index (χ1) is 3.79. The molecule has 1 nitrogen and oxygen atoms in total. The molecule has 0 heterocycles. The predicted molar refractivity (Wildman–Crippen MR) is 30.9 cm³/mol. The molecule has 0 unspecified atom stereocenters.